The molecule has 96 valence electrons. The molecule has 2 heterocycles. The summed E-state index contributed by atoms with van der Waals surface area (Å²) in [6, 6.07) is 5.33. The monoisotopic (exact) mass is 256 g/mol. The van der Waals surface area contributed by atoms with Gasteiger partial charge in [0.2, 0.25) is 5.91 Å². The average molecular weight is 256 g/mol. The molecule has 6 heteroatoms. The Morgan fingerprint density at radius 2 is 2.26 bits per heavy atom. The summed E-state index contributed by atoms with van der Waals surface area (Å²) >= 11 is 0. The lowest BCUT2D eigenvalue weighted by molar-refractivity contribution is -0.118. The molecule has 0 spiro atoms. The second kappa shape index (κ2) is 4.24. The van der Waals surface area contributed by atoms with E-state index in [-0.39, 0.29) is 18.1 Å². The lowest BCUT2D eigenvalue weighted by atomic mass is 10.0. The van der Waals surface area contributed by atoms with E-state index in [1.165, 1.54) is 6.34 Å². The Kier molecular flexibility index (Phi) is 2.56. The highest BCUT2D eigenvalue weighted by Gasteiger charge is 2.16. The smallest absolute Gasteiger partial charge is 0.229 e. The van der Waals surface area contributed by atoms with Crippen molar-refractivity contribution in [3.8, 4) is 17.0 Å². The van der Waals surface area contributed by atoms with Crippen molar-refractivity contribution in [2.24, 2.45) is 12.0 Å². The normalized spacial score (nSPS) is 13.8. The number of hydrogen-bond donors (Lipinski definition) is 2. The molecular weight excluding hydrogens is 244 g/mol. The van der Waals surface area contributed by atoms with Crippen LogP contribution in [0.2, 0.25) is 0 Å². The van der Waals surface area contributed by atoms with Gasteiger partial charge in [0.05, 0.1) is 18.5 Å². The summed E-state index contributed by atoms with van der Waals surface area (Å²) in [5.41, 5.74) is 2.81. The molecule has 1 amide bonds. The van der Waals surface area contributed by atoms with Gasteiger partial charge in [-0.05, 0) is 23.8 Å². The molecule has 0 saturated carbocycles. The fraction of sp³-hybridized carbons (Fsp3) is 0.154. The Bertz CT molecular complexity index is 688. The van der Waals surface area contributed by atoms with Gasteiger partial charge < -0.3 is 10.4 Å². The van der Waals surface area contributed by atoms with E-state index in [2.05, 4.69) is 15.4 Å². The number of aromatic hydroxyl groups is 1. The van der Waals surface area contributed by atoms with Crippen molar-refractivity contribution in [3.05, 3.63) is 30.0 Å². The number of nitrogens with one attached hydrogen (secondary N) is 1. The van der Waals surface area contributed by atoms with Crippen molar-refractivity contribution in [1.82, 2.24) is 15.1 Å². The van der Waals surface area contributed by atoms with Crippen LogP contribution in [0.4, 0.5) is 5.69 Å². The summed E-state index contributed by atoms with van der Waals surface area (Å²) in [5, 5.41) is 16.7. The zero-order valence-electron chi connectivity index (χ0n) is 10.3. The Morgan fingerprint density at radius 3 is 3.00 bits per heavy atom. The maximum Gasteiger partial charge on any atom is 0.229 e. The van der Waals surface area contributed by atoms with Crippen molar-refractivity contribution in [2.75, 3.05) is 0 Å². The summed E-state index contributed by atoms with van der Waals surface area (Å²) in [4.78, 5) is 15.6. The second-order valence-corrected chi connectivity index (χ2v) is 4.35. The van der Waals surface area contributed by atoms with Crippen LogP contribution < -0.4 is 5.32 Å². The number of phenols is 1. The highest BCUT2D eigenvalue weighted by Crippen LogP contribution is 2.36. The Labute approximate surface area is 109 Å². The number of benzene rings is 1. The maximum atomic E-state index is 11.5. The van der Waals surface area contributed by atoms with Crippen LogP contribution in [0.25, 0.3) is 11.3 Å². The predicted octanol–water partition coefficient (Wildman–Crippen LogP) is 1.12. The minimum absolute atomic E-state index is 0.0569. The molecule has 0 fully saturated rings. The van der Waals surface area contributed by atoms with E-state index in [0.717, 1.165) is 11.3 Å². The number of aryl methyl sites for hydroxylation is 1. The molecule has 0 unspecified atom stereocenters. The molecule has 6 nitrogen and oxygen atoms in total. The van der Waals surface area contributed by atoms with Crippen molar-refractivity contribution in [1.29, 1.82) is 0 Å². The maximum absolute atomic E-state index is 11.5. The van der Waals surface area contributed by atoms with Crippen LogP contribution in [0, 0.1) is 0 Å². The number of aromatic nitrogens is 2. The number of carbonyl (C=O) groups excluding carboxylic acids is 1. The topological polar surface area (TPSA) is 79.5 Å². The molecule has 0 saturated heterocycles. The molecule has 2 N–H and O–H groups in total. The number of amides is 1. The molecule has 2 aromatic rings. The molecule has 1 aliphatic heterocycles. The quantitative estimate of drug-likeness (QED) is 0.802. The van der Waals surface area contributed by atoms with Gasteiger partial charge >= 0.3 is 0 Å². The van der Waals surface area contributed by atoms with Crippen molar-refractivity contribution >= 4 is 17.9 Å². The third-order valence-electron chi connectivity index (χ3n) is 3.06. The first-order valence-corrected chi connectivity index (χ1v) is 5.81. The van der Waals surface area contributed by atoms with Gasteiger partial charge in [0.25, 0.3) is 0 Å². The van der Waals surface area contributed by atoms with Gasteiger partial charge in [-0.2, -0.15) is 5.10 Å². The SMILES string of the molecule is Cn1nccc1-c1cc(O)c2c(c1)CC(=O)NC=N2. The fourth-order valence-electron chi connectivity index (χ4n) is 2.16. The van der Waals surface area contributed by atoms with Gasteiger partial charge in [-0.3, -0.25) is 9.48 Å². The highest BCUT2D eigenvalue weighted by atomic mass is 16.3. The average Bonchev–Trinajstić information content (AvgIpc) is 2.68. The minimum Gasteiger partial charge on any atom is -0.506 e. The van der Waals surface area contributed by atoms with E-state index < -0.39 is 0 Å². The largest absolute Gasteiger partial charge is 0.506 e. The van der Waals surface area contributed by atoms with Crippen molar-refractivity contribution in [2.45, 2.75) is 6.42 Å². The lowest BCUT2D eigenvalue weighted by Crippen LogP contribution is -2.21. The number of rotatable bonds is 1. The number of carbonyl (C=O) groups is 1. The molecule has 0 aliphatic carbocycles. The van der Waals surface area contributed by atoms with Crippen LogP contribution in [0.15, 0.2) is 29.4 Å². The lowest BCUT2D eigenvalue weighted by Gasteiger charge is -2.09. The molecule has 0 atom stereocenters. The minimum atomic E-state index is -0.149. The van der Waals surface area contributed by atoms with Gasteiger partial charge in [-0.25, -0.2) is 4.99 Å². The van der Waals surface area contributed by atoms with Crippen molar-refractivity contribution < 1.29 is 9.90 Å². The third-order valence-corrected chi connectivity index (χ3v) is 3.06. The zero-order valence-corrected chi connectivity index (χ0v) is 10.3. The molecule has 0 bridgehead atoms. The van der Waals surface area contributed by atoms with Crippen LogP contribution in [-0.2, 0) is 18.3 Å². The molecule has 19 heavy (non-hydrogen) atoms. The first-order valence-electron chi connectivity index (χ1n) is 5.81. The number of aliphatic imine (C=N–C) groups is 1. The van der Waals surface area contributed by atoms with Gasteiger partial charge in [0, 0.05) is 18.8 Å². The van der Waals surface area contributed by atoms with E-state index in [4.69, 9.17) is 0 Å². The summed E-state index contributed by atoms with van der Waals surface area (Å²) in [7, 11) is 1.82. The van der Waals surface area contributed by atoms with Gasteiger partial charge in [0.15, 0.2) is 0 Å². The summed E-state index contributed by atoms with van der Waals surface area (Å²) < 4.78 is 1.71. The molecule has 1 aliphatic rings. The predicted molar refractivity (Wildman–Crippen MR) is 70.3 cm³/mol. The molecule has 0 radical (unpaired) electrons. The first-order chi connectivity index (χ1) is 9.15. The molecular formula is C13H12N4O2. The van der Waals surface area contributed by atoms with Crippen LogP contribution in [0.1, 0.15) is 5.56 Å². The Balaban J connectivity index is 2.17. The van der Waals surface area contributed by atoms with E-state index in [1.54, 1.807) is 16.9 Å². The van der Waals surface area contributed by atoms with Crippen LogP contribution >= 0.6 is 0 Å². The molecule has 1 aromatic heterocycles. The third kappa shape index (κ3) is 1.97. The number of nitrogens with zero attached hydrogens (tertiary/aromatic N) is 3. The summed E-state index contributed by atoms with van der Waals surface area (Å²) in [5.74, 6) is -0.0921. The second-order valence-electron chi connectivity index (χ2n) is 4.35. The summed E-state index contributed by atoms with van der Waals surface area (Å²) in [6.07, 6.45) is 3.18. The number of hydrogen-bond acceptors (Lipinski definition) is 4. The summed E-state index contributed by atoms with van der Waals surface area (Å²) in [6.45, 7) is 0. The van der Waals surface area contributed by atoms with Gasteiger partial charge in [-0.15, -0.1) is 0 Å². The Morgan fingerprint density at radius 1 is 1.42 bits per heavy atom. The van der Waals surface area contributed by atoms with E-state index in [9.17, 15) is 9.90 Å². The molecule has 1 aromatic carbocycles. The van der Waals surface area contributed by atoms with Crippen LogP contribution in [0.5, 0.6) is 5.75 Å². The van der Waals surface area contributed by atoms with Gasteiger partial charge in [-0.1, -0.05) is 0 Å². The number of fused-ring (bicyclic) bond motifs is 1. The van der Waals surface area contributed by atoms with E-state index in [1.807, 2.05) is 19.2 Å². The Hall–Kier alpha value is -2.63. The first kappa shape index (κ1) is 11.5. The molecule has 3 rings (SSSR count). The zero-order chi connectivity index (χ0) is 13.4. The highest BCUT2D eigenvalue weighted by molar-refractivity contribution is 5.93. The van der Waals surface area contributed by atoms with Gasteiger partial charge in [0.1, 0.15) is 11.4 Å². The fourth-order valence-corrected chi connectivity index (χ4v) is 2.16. The van der Waals surface area contributed by atoms with Crippen LogP contribution in [0.3, 0.4) is 0 Å². The van der Waals surface area contributed by atoms with E-state index >= 15 is 0 Å². The number of phenolic OH excluding ortho intramolecular Hbond substituents is 1. The standard InChI is InChI=1S/C13H12N4O2/c1-17-10(2-3-16-17)8-4-9-6-12(19)14-7-15-13(9)11(18)5-8/h2-5,7,18H,6H2,1H3,(H,14,15,19). The van der Waals surface area contributed by atoms with E-state index in [0.29, 0.717) is 11.3 Å². The van der Waals surface area contributed by atoms with Crippen molar-refractivity contribution in [3.63, 3.8) is 0 Å². The van der Waals surface area contributed by atoms with Crippen LogP contribution in [-0.4, -0.2) is 27.1 Å².